The maximum Gasteiger partial charge on any atom is 0.318 e. The Bertz CT molecular complexity index is 540. The van der Waals surface area contributed by atoms with Gasteiger partial charge in [-0.2, -0.15) is 0 Å². The summed E-state index contributed by atoms with van der Waals surface area (Å²) in [6, 6.07) is 7.88. The van der Waals surface area contributed by atoms with Gasteiger partial charge in [-0.1, -0.05) is 17.7 Å². The van der Waals surface area contributed by atoms with Crippen LogP contribution in [-0.4, -0.2) is 54.4 Å². The van der Waals surface area contributed by atoms with Gasteiger partial charge in [0.1, 0.15) is 0 Å². The first-order valence-corrected chi connectivity index (χ1v) is 8.23. The molecule has 0 saturated carbocycles. The van der Waals surface area contributed by atoms with Crippen molar-refractivity contribution in [3.8, 4) is 0 Å². The lowest BCUT2D eigenvalue weighted by molar-refractivity contribution is 0.155. The average Bonchev–Trinajstić information content (AvgIpc) is 3.15. The van der Waals surface area contributed by atoms with Gasteiger partial charge >= 0.3 is 6.03 Å². The highest BCUT2D eigenvalue weighted by molar-refractivity contribution is 6.30. The second-order valence-electron chi connectivity index (χ2n) is 6.03. The van der Waals surface area contributed by atoms with Crippen molar-refractivity contribution >= 4 is 23.3 Å². The summed E-state index contributed by atoms with van der Waals surface area (Å²) >= 11 is 6.04. The van der Waals surface area contributed by atoms with Crippen molar-refractivity contribution in [1.29, 1.82) is 0 Å². The number of rotatable bonds is 3. The first-order valence-electron chi connectivity index (χ1n) is 7.86. The molecule has 2 fully saturated rings. The summed E-state index contributed by atoms with van der Waals surface area (Å²) in [6.07, 6.45) is 2.79. The predicted molar refractivity (Wildman–Crippen MR) is 87.4 cm³/mol. The molecule has 2 aliphatic rings. The fourth-order valence-electron chi connectivity index (χ4n) is 3.34. The van der Waals surface area contributed by atoms with Crippen LogP contribution in [0, 0.1) is 0 Å². The Balaban J connectivity index is 1.56. The molecule has 2 atom stereocenters. The van der Waals surface area contributed by atoms with E-state index in [1.807, 2.05) is 24.3 Å². The molecule has 1 unspecified atom stereocenters. The second kappa shape index (κ2) is 6.75. The molecule has 0 spiro atoms. The standard InChI is InChI=1S/C16H22ClN3O2/c17-12-3-1-4-14(9-12)19-8-6-13(10-19)18-16(22)20-7-2-5-15(20)11-21/h1,3-4,9,13,15,21H,2,5-8,10-11H2,(H,18,22)/t13?,15-/m1/s1. The first kappa shape index (κ1) is 15.4. The van der Waals surface area contributed by atoms with Gasteiger partial charge in [0, 0.05) is 36.4 Å². The number of carbonyl (C=O) groups excluding carboxylic acids is 1. The van der Waals surface area contributed by atoms with E-state index in [9.17, 15) is 9.90 Å². The molecule has 2 aliphatic heterocycles. The van der Waals surface area contributed by atoms with E-state index in [2.05, 4.69) is 10.2 Å². The van der Waals surface area contributed by atoms with Crippen LogP contribution in [0.1, 0.15) is 19.3 Å². The molecule has 2 N–H and O–H groups in total. The Hall–Kier alpha value is -1.46. The molecular weight excluding hydrogens is 302 g/mol. The smallest absolute Gasteiger partial charge is 0.318 e. The van der Waals surface area contributed by atoms with E-state index in [0.29, 0.717) is 0 Å². The number of aliphatic hydroxyl groups excluding tert-OH is 1. The molecule has 2 heterocycles. The second-order valence-corrected chi connectivity index (χ2v) is 6.47. The molecule has 22 heavy (non-hydrogen) atoms. The highest BCUT2D eigenvalue weighted by Gasteiger charge is 2.31. The van der Waals surface area contributed by atoms with Gasteiger partial charge in [0.15, 0.2) is 0 Å². The molecule has 0 radical (unpaired) electrons. The number of hydrogen-bond acceptors (Lipinski definition) is 3. The molecule has 2 saturated heterocycles. The number of likely N-dealkylation sites (tertiary alicyclic amines) is 1. The van der Waals surface area contributed by atoms with Crippen LogP contribution in [0.3, 0.4) is 0 Å². The fourth-order valence-corrected chi connectivity index (χ4v) is 3.52. The van der Waals surface area contributed by atoms with Crippen molar-refractivity contribution in [2.75, 3.05) is 31.1 Å². The van der Waals surface area contributed by atoms with Crippen molar-refractivity contribution in [3.05, 3.63) is 29.3 Å². The zero-order chi connectivity index (χ0) is 15.5. The van der Waals surface area contributed by atoms with Crippen LogP contribution in [-0.2, 0) is 0 Å². The summed E-state index contributed by atoms with van der Waals surface area (Å²) in [7, 11) is 0. The minimum atomic E-state index is -0.0468. The minimum absolute atomic E-state index is 0.0227. The lowest BCUT2D eigenvalue weighted by atomic mass is 10.2. The van der Waals surface area contributed by atoms with E-state index in [-0.39, 0.29) is 24.7 Å². The molecule has 3 rings (SSSR count). The normalized spacial score (nSPS) is 24.8. The SMILES string of the molecule is O=C(NC1CCN(c2cccc(Cl)c2)C1)N1CCC[C@@H]1CO. The highest BCUT2D eigenvalue weighted by Crippen LogP contribution is 2.24. The summed E-state index contributed by atoms with van der Waals surface area (Å²) in [5.74, 6) is 0. The lowest BCUT2D eigenvalue weighted by Gasteiger charge is -2.25. The molecule has 0 aromatic heterocycles. The van der Waals surface area contributed by atoms with Crippen LogP contribution in [0.25, 0.3) is 0 Å². The largest absolute Gasteiger partial charge is 0.394 e. The Labute approximate surface area is 135 Å². The van der Waals surface area contributed by atoms with E-state index >= 15 is 0 Å². The summed E-state index contributed by atoms with van der Waals surface area (Å²) in [6.45, 7) is 2.49. The average molecular weight is 324 g/mol. The van der Waals surface area contributed by atoms with E-state index in [1.54, 1.807) is 4.90 Å². The number of hydrogen-bond donors (Lipinski definition) is 2. The Kier molecular flexibility index (Phi) is 4.74. The van der Waals surface area contributed by atoms with Gasteiger partial charge in [0.2, 0.25) is 0 Å². The number of nitrogens with one attached hydrogen (secondary N) is 1. The molecule has 1 aromatic rings. The van der Waals surface area contributed by atoms with E-state index in [4.69, 9.17) is 11.6 Å². The van der Waals surface area contributed by atoms with Crippen molar-refractivity contribution in [2.45, 2.75) is 31.3 Å². The number of urea groups is 1. The minimum Gasteiger partial charge on any atom is -0.394 e. The fraction of sp³-hybridized carbons (Fsp3) is 0.562. The van der Waals surface area contributed by atoms with Crippen LogP contribution < -0.4 is 10.2 Å². The van der Waals surface area contributed by atoms with E-state index in [1.165, 1.54) is 0 Å². The van der Waals surface area contributed by atoms with Crippen LogP contribution in [0.4, 0.5) is 10.5 Å². The summed E-state index contributed by atoms with van der Waals surface area (Å²) in [5, 5.41) is 13.2. The van der Waals surface area contributed by atoms with E-state index < -0.39 is 0 Å². The van der Waals surface area contributed by atoms with Crippen LogP contribution in [0.15, 0.2) is 24.3 Å². The van der Waals surface area contributed by atoms with Gasteiger partial charge in [0.25, 0.3) is 0 Å². The Morgan fingerprint density at radius 3 is 3.00 bits per heavy atom. The van der Waals surface area contributed by atoms with Crippen molar-refractivity contribution in [2.24, 2.45) is 0 Å². The predicted octanol–water partition coefficient (Wildman–Crippen LogP) is 2.09. The first-order chi connectivity index (χ1) is 10.7. The summed E-state index contributed by atoms with van der Waals surface area (Å²) in [4.78, 5) is 16.3. The third-order valence-corrected chi connectivity index (χ3v) is 4.77. The van der Waals surface area contributed by atoms with Crippen LogP contribution in [0.5, 0.6) is 0 Å². The van der Waals surface area contributed by atoms with Gasteiger partial charge in [0.05, 0.1) is 12.6 Å². The van der Waals surface area contributed by atoms with Crippen molar-refractivity contribution in [1.82, 2.24) is 10.2 Å². The zero-order valence-electron chi connectivity index (χ0n) is 12.5. The molecule has 5 nitrogen and oxygen atoms in total. The van der Waals surface area contributed by atoms with Crippen LogP contribution in [0.2, 0.25) is 5.02 Å². The molecule has 0 aliphatic carbocycles. The number of anilines is 1. The molecule has 120 valence electrons. The Morgan fingerprint density at radius 1 is 1.36 bits per heavy atom. The maximum atomic E-state index is 12.3. The molecule has 2 amide bonds. The van der Waals surface area contributed by atoms with Gasteiger partial charge in [-0.3, -0.25) is 0 Å². The number of nitrogens with zero attached hydrogens (tertiary/aromatic N) is 2. The Morgan fingerprint density at radius 2 is 2.23 bits per heavy atom. The molecule has 1 aromatic carbocycles. The quantitative estimate of drug-likeness (QED) is 0.895. The summed E-state index contributed by atoms with van der Waals surface area (Å²) < 4.78 is 0. The number of carbonyl (C=O) groups is 1. The maximum absolute atomic E-state index is 12.3. The monoisotopic (exact) mass is 323 g/mol. The molecule has 0 bridgehead atoms. The van der Waals surface area contributed by atoms with Gasteiger partial charge in [-0.05, 0) is 37.5 Å². The number of benzene rings is 1. The molecular formula is C16H22ClN3O2. The van der Waals surface area contributed by atoms with Gasteiger partial charge in [-0.25, -0.2) is 4.79 Å². The van der Waals surface area contributed by atoms with Crippen molar-refractivity contribution < 1.29 is 9.90 Å². The number of aliphatic hydroxyl groups is 1. The van der Waals surface area contributed by atoms with Gasteiger partial charge in [-0.15, -0.1) is 0 Å². The third-order valence-electron chi connectivity index (χ3n) is 4.54. The van der Waals surface area contributed by atoms with Crippen molar-refractivity contribution in [3.63, 3.8) is 0 Å². The zero-order valence-corrected chi connectivity index (χ0v) is 13.3. The highest BCUT2D eigenvalue weighted by atomic mass is 35.5. The van der Waals surface area contributed by atoms with Gasteiger partial charge < -0.3 is 20.2 Å². The number of amides is 2. The number of halogens is 1. The molecule has 6 heteroatoms. The van der Waals surface area contributed by atoms with E-state index in [0.717, 1.165) is 49.6 Å². The topological polar surface area (TPSA) is 55.8 Å². The third kappa shape index (κ3) is 3.31. The lowest BCUT2D eigenvalue weighted by Crippen LogP contribution is -2.48. The summed E-state index contributed by atoms with van der Waals surface area (Å²) in [5.41, 5.74) is 1.10. The van der Waals surface area contributed by atoms with Crippen LogP contribution >= 0.6 is 11.6 Å².